The molecule has 0 unspecified atom stereocenters. The first-order valence-corrected chi connectivity index (χ1v) is 7.03. The van der Waals surface area contributed by atoms with Gasteiger partial charge in [0.1, 0.15) is 5.82 Å². The SMILES string of the molecule is Cc1ccc(NC(=O)COC(=O)c2cc(F)c(F)cc2Cl)cc1F. The Morgan fingerprint density at radius 1 is 1.08 bits per heavy atom. The summed E-state index contributed by atoms with van der Waals surface area (Å²) in [7, 11) is 0. The zero-order chi connectivity index (χ0) is 17.9. The average molecular weight is 358 g/mol. The maximum Gasteiger partial charge on any atom is 0.340 e. The molecule has 0 saturated carbocycles. The minimum Gasteiger partial charge on any atom is -0.452 e. The summed E-state index contributed by atoms with van der Waals surface area (Å²) in [4.78, 5) is 23.4. The zero-order valence-electron chi connectivity index (χ0n) is 12.3. The smallest absolute Gasteiger partial charge is 0.340 e. The second kappa shape index (κ2) is 7.35. The van der Waals surface area contributed by atoms with E-state index in [9.17, 15) is 22.8 Å². The molecular formula is C16H11ClF3NO3. The topological polar surface area (TPSA) is 55.4 Å². The molecule has 0 spiro atoms. The van der Waals surface area contributed by atoms with E-state index in [1.165, 1.54) is 12.1 Å². The van der Waals surface area contributed by atoms with Gasteiger partial charge in [-0.25, -0.2) is 18.0 Å². The monoisotopic (exact) mass is 357 g/mol. The predicted molar refractivity (Wildman–Crippen MR) is 81.4 cm³/mol. The van der Waals surface area contributed by atoms with Crippen LogP contribution in [0.2, 0.25) is 5.02 Å². The highest BCUT2D eigenvalue weighted by molar-refractivity contribution is 6.33. The number of aryl methyl sites for hydroxylation is 1. The van der Waals surface area contributed by atoms with Crippen molar-refractivity contribution >= 4 is 29.2 Å². The van der Waals surface area contributed by atoms with Gasteiger partial charge in [0.05, 0.1) is 10.6 Å². The number of hydrogen-bond acceptors (Lipinski definition) is 3. The van der Waals surface area contributed by atoms with E-state index in [1.54, 1.807) is 6.92 Å². The standard InChI is InChI=1S/C16H11ClF3NO3/c1-8-2-3-9(4-12(8)18)21-15(22)7-24-16(23)10-5-13(19)14(20)6-11(10)17/h2-6H,7H2,1H3,(H,21,22). The van der Waals surface area contributed by atoms with Gasteiger partial charge in [-0.1, -0.05) is 17.7 Å². The summed E-state index contributed by atoms with van der Waals surface area (Å²) in [5.41, 5.74) is 0.183. The highest BCUT2D eigenvalue weighted by atomic mass is 35.5. The highest BCUT2D eigenvalue weighted by Crippen LogP contribution is 2.21. The van der Waals surface area contributed by atoms with Gasteiger partial charge < -0.3 is 10.1 Å². The molecule has 0 aliphatic heterocycles. The molecule has 0 aliphatic rings. The Hall–Kier alpha value is -2.54. The number of benzene rings is 2. The minimum absolute atomic E-state index is 0.185. The van der Waals surface area contributed by atoms with Gasteiger partial charge in [-0.2, -0.15) is 0 Å². The van der Waals surface area contributed by atoms with Crippen LogP contribution in [0.4, 0.5) is 18.9 Å². The van der Waals surface area contributed by atoms with Gasteiger partial charge >= 0.3 is 5.97 Å². The lowest BCUT2D eigenvalue weighted by Crippen LogP contribution is -2.21. The second-order valence-corrected chi connectivity index (χ2v) is 5.24. The Labute approximate surface area is 140 Å². The van der Waals surface area contributed by atoms with Crippen molar-refractivity contribution in [3.8, 4) is 0 Å². The third-order valence-corrected chi connectivity index (χ3v) is 3.33. The summed E-state index contributed by atoms with van der Waals surface area (Å²) < 4.78 is 44.1. The zero-order valence-corrected chi connectivity index (χ0v) is 13.1. The molecule has 0 aromatic heterocycles. The molecule has 0 fully saturated rings. The lowest BCUT2D eigenvalue weighted by Gasteiger charge is -2.08. The van der Waals surface area contributed by atoms with Crippen LogP contribution in [0, 0.1) is 24.4 Å². The lowest BCUT2D eigenvalue weighted by atomic mass is 10.2. The molecular weight excluding hydrogens is 347 g/mol. The maximum absolute atomic E-state index is 13.4. The molecule has 0 saturated heterocycles. The molecule has 4 nitrogen and oxygen atoms in total. The summed E-state index contributed by atoms with van der Waals surface area (Å²) in [6, 6.07) is 5.26. The van der Waals surface area contributed by atoms with Crippen molar-refractivity contribution < 1.29 is 27.5 Å². The number of nitrogens with one attached hydrogen (secondary N) is 1. The van der Waals surface area contributed by atoms with Crippen molar-refractivity contribution in [1.29, 1.82) is 0 Å². The van der Waals surface area contributed by atoms with Crippen LogP contribution in [-0.2, 0) is 9.53 Å². The number of esters is 1. The summed E-state index contributed by atoms with van der Waals surface area (Å²) in [5, 5.41) is 1.98. The van der Waals surface area contributed by atoms with E-state index in [0.29, 0.717) is 17.7 Å². The van der Waals surface area contributed by atoms with Crippen LogP contribution < -0.4 is 5.32 Å². The summed E-state index contributed by atoms with van der Waals surface area (Å²) in [5.74, 6) is -4.81. The Morgan fingerprint density at radius 2 is 1.75 bits per heavy atom. The van der Waals surface area contributed by atoms with Gasteiger partial charge in [-0.05, 0) is 36.8 Å². The van der Waals surface area contributed by atoms with Crippen LogP contribution in [-0.4, -0.2) is 18.5 Å². The van der Waals surface area contributed by atoms with Crippen LogP contribution in [0.3, 0.4) is 0 Å². The van der Waals surface area contributed by atoms with Crippen LogP contribution in [0.5, 0.6) is 0 Å². The van der Waals surface area contributed by atoms with E-state index in [1.807, 2.05) is 0 Å². The molecule has 8 heteroatoms. The number of carbonyl (C=O) groups is 2. The normalized spacial score (nSPS) is 10.4. The summed E-state index contributed by atoms with van der Waals surface area (Å²) >= 11 is 5.62. The van der Waals surface area contributed by atoms with Crippen molar-refractivity contribution in [3.63, 3.8) is 0 Å². The molecule has 2 aromatic carbocycles. The average Bonchev–Trinajstić information content (AvgIpc) is 2.52. The Balaban J connectivity index is 1.97. The Bertz CT molecular complexity index is 811. The second-order valence-electron chi connectivity index (χ2n) is 4.83. The number of carbonyl (C=O) groups excluding carboxylic acids is 2. The molecule has 0 aliphatic carbocycles. The Morgan fingerprint density at radius 3 is 2.42 bits per heavy atom. The molecule has 0 atom stereocenters. The van der Waals surface area contributed by atoms with Crippen molar-refractivity contribution in [1.82, 2.24) is 0 Å². The fraction of sp³-hybridized carbons (Fsp3) is 0.125. The van der Waals surface area contributed by atoms with Crippen LogP contribution in [0.15, 0.2) is 30.3 Å². The predicted octanol–water partition coefficient (Wildman–Crippen LogP) is 3.86. The van der Waals surface area contributed by atoms with E-state index in [-0.39, 0.29) is 10.7 Å². The third kappa shape index (κ3) is 4.26. The van der Waals surface area contributed by atoms with Crippen molar-refractivity contribution in [2.75, 3.05) is 11.9 Å². The van der Waals surface area contributed by atoms with Gasteiger partial charge in [-0.15, -0.1) is 0 Å². The highest BCUT2D eigenvalue weighted by Gasteiger charge is 2.17. The molecule has 0 heterocycles. The number of hydrogen-bond donors (Lipinski definition) is 1. The minimum atomic E-state index is -1.27. The fourth-order valence-electron chi connectivity index (χ4n) is 1.76. The van der Waals surface area contributed by atoms with Crippen molar-refractivity contribution in [2.24, 2.45) is 0 Å². The molecule has 0 bridgehead atoms. The maximum atomic E-state index is 13.4. The number of ether oxygens (including phenoxy) is 1. The van der Waals surface area contributed by atoms with E-state index >= 15 is 0 Å². The van der Waals surface area contributed by atoms with Crippen LogP contribution in [0.1, 0.15) is 15.9 Å². The quantitative estimate of drug-likeness (QED) is 0.667. The number of amides is 1. The van der Waals surface area contributed by atoms with Crippen LogP contribution in [0.25, 0.3) is 0 Å². The van der Waals surface area contributed by atoms with Gasteiger partial charge in [0.25, 0.3) is 5.91 Å². The first-order valence-electron chi connectivity index (χ1n) is 6.65. The molecule has 1 N–H and O–H groups in total. The van der Waals surface area contributed by atoms with Crippen LogP contribution >= 0.6 is 11.6 Å². The van der Waals surface area contributed by atoms with E-state index in [2.05, 4.69) is 10.1 Å². The molecule has 126 valence electrons. The van der Waals surface area contributed by atoms with Gasteiger partial charge in [0, 0.05) is 5.69 Å². The summed E-state index contributed by atoms with van der Waals surface area (Å²) in [6.45, 7) is 0.859. The number of halogens is 4. The lowest BCUT2D eigenvalue weighted by molar-refractivity contribution is -0.119. The molecule has 2 aromatic rings. The van der Waals surface area contributed by atoms with Crippen molar-refractivity contribution in [2.45, 2.75) is 6.92 Å². The van der Waals surface area contributed by atoms with Gasteiger partial charge in [0.2, 0.25) is 0 Å². The molecule has 1 amide bonds. The largest absolute Gasteiger partial charge is 0.452 e. The number of anilines is 1. The number of rotatable bonds is 4. The first kappa shape index (κ1) is 17.8. The van der Waals surface area contributed by atoms with Gasteiger partial charge in [-0.3, -0.25) is 4.79 Å². The molecule has 0 radical (unpaired) electrons. The van der Waals surface area contributed by atoms with E-state index in [0.717, 1.165) is 6.07 Å². The Kier molecular flexibility index (Phi) is 5.46. The first-order chi connectivity index (χ1) is 11.3. The van der Waals surface area contributed by atoms with Gasteiger partial charge in [0.15, 0.2) is 18.2 Å². The molecule has 2 rings (SSSR count). The van der Waals surface area contributed by atoms with Crippen molar-refractivity contribution in [3.05, 3.63) is 63.9 Å². The summed E-state index contributed by atoms with van der Waals surface area (Å²) in [6.07, 6.45) is 0. The molecule has 24 heavy (non-hydrogen) atoms. The van der Waals surface area contributed by atoms with E-state index < -0.39 is 41.5 Å². The van der Waals surface area contributed by atoms with E-state index in [4.69, 9.17) is 11.6 Å². The third-order valence-electron chi connectivity index (χ3n) is 3.02. The fourth-order valence-corrected chi connectivity index (χ4v) is 1.98.